The summed E-state index contributed by atoms with van der Waals surface area (Å²) in [7, 11) is 0. The van der Waals surface area contributed by atoms with E-state index in [4.69, 9.17) is 4.98 Å². The summed E-state index contributed by atoms with van der Waals surface area (Å²) in [6.45, 7) is 5.25. The number of likely N-dealkylation sites (tertiary alicyclic amines) is 1. The Morgan fingerprint density at radius 3 is 2.83 bits per heavy atom. The van der Waals surface area contributed by atoms with Gasteiger partial charge in [-0.2, -0.15) is 0 Å². The molecule has 1 saturated heterocycles. The Hall–Kier alpha value is -1.76. The molecule has 0 amide bonds. The first-order chi connectivity index (χ1) is 11.8. The van der Waals surface area contributed by atoms with Crippen LogP contribution in [0.2, 0.25) is 0 Å². The summed E-state index contributed by atoms with van der Waals surface area (Å²) in [5.74, 6) is 2.24. The molecule has 3 aliphatic rings. The second-order valence-corrected chi connectivity index (χ2v) is 7.58. The quantitative estimate of drug-likeness (QED) is 0.857. The third-order valence-electron chi connectivity index (χ3n) is 5.78. The van der Waals surface area contributed by atoms with Gasteiger partial charge in [-0.25, -0.2) is 9.67 Å². The summed E-state index contributed by atoms with van der Waals surface area (Å²) in [6.07, 6.45) is 8.62. The lowest BCUT2D eigenvalue weighted by atomic mass is 10.0. The van der Waals surface area contributed by atoms with Gasteiger partial charge in [-0.15, -0.1) is 5.10 Å². The van der Waals surface area contributed by atoms with Crippen molar-refractivity contribution in [3.8, 4) is 0 Å². The highest BCUT2D eigenvalue weighted by molar-refractivity contribution is 5.21. The number of fused-ring (bicyclic) bond motifs is 1. The van der Waals surface area contributed by atoms with Gasteiger partial charge in [0, 0.05) is 24.8 Å². The van der Waals surface area contributed by atoms with E-state index in [1.54, 1.807) is 0 Å². The maximum absolute atomic E-state index is 4.85. The number of aromatic nitrogens is 6. The lowest BCUT2D eigenvalue weighted by Gasteiger charge is -2.21. The third kappa shape index (κ3) is 2.46. The molecule has 2 fully saturated rings. The van der Waals surface area contributed by atoms with Crippen LogP contribution >= 0.6 is 0 Å². The highest BCUT2D eigenvalue weighted by Crippen LogP contribution is 2.35. The van der Waals surface area contributed by atoms with Crippen molar-refractivity contribution in [3.05, 3.63) is 23.0 Å². The van der Waals surface area contributed by atoms with Crippen LogP contribution in [0.15, 0.2) is 0 Å². The minimum Gasteiger partial charge on any atom is -0.328 e. The minimum absolute atomic E-state index is 0.552. The van der Waals surface area contributed by atoms with Crippen LogP contribution in [0.3, 0.4) is 0 Å². The fourth-order valence-electron chi connectivity index (χ4n) is 4.47. The van der Waals surface area contributed by atoms with E-state index in [9.17, 15) is 0 Å². The van der Waals surface area contributed by atoms with Gasteiger partial charge in [0.25, 0.3) is 0 Å². The van der Waals surface area contributed by atoms with Crippen molar-refractivity contribution in [2.75, 3.05) is 13.1 Å². The fraction of sp³-hybridized carbons (Fsp3) is 0.765. The van der Waals surface area contributed by atoms with Crippen LogP contribution in [-0.4, -0.2) is 47.7 Å². The molecule has 0 N–H and O–H groups in total. The molecule has 1 atom stereocenters. The molecule has 0 spiro atoms. The fourth-order valence-corrected chi connectivity index (χ4v) is 4.47. The van der Waals surface area contributed by atoms with Crippen LogP contribution < -0.4 is 0 Å². The topological polar surface area (TPSA) is 64.7 Å². The van der Waals surface area contributed by atoms with E-state index >= 15 is 0 Å². The normalized spacial score (nSPS) is 24.5. The Morgan fingerprint density at radius 2 is 1.96 bits per heavy atom. The molecular formula is C17H25N7. The highest BCUT2D eigenvalue weighted by Gasteiger charge is 2.32. The molecule has 24 heavy (non-hydrogen) atoms. The second kappa shape index (κ2) is 5.65. The van der Waals surface area contributed by atoms with Gasteiger partial charge in [-0.3, -0.25) is 4.90 Å². The number of hydrogen-bond donors (Lipinski definition) is 0. The van der Waals surface area contributed by atoms with E-state index in [0.29, 0.717) is 12.1 Å². The summed E-state index contributed by atoms with van der Waals surface area (Å²) in [6, 6.07) is 1.11. The van der Waals surface area contributed by atoms with Crippen LogP contribution in [-0.2, 0) is 19.4 Å². The van der Waals surface area contributed by atoms with Crippen molar-refractivity contribution in [1.29, 1.82) is 0 Å². The van der Waals surface area contributed by atoms with Gasteiger partial charge in [0.05, 0.1) is 18.3 Å². The molecule has 0 radical (unpaired) electrons. The van der Waals surface area contributed by atoms with E-state index in [0.717, 1.165) is 31.9 Å². The molecule has 1 unspecified atom stereocenters. The summed E-state index contributed by atoms with van der Waals surface area (Å²) in [4.78, 5) is 7.35. The average molecular weight is 327 g/mol. The van der Waals surface area contributed by atoms with Gasteiger partial charge >= 0.3 is 0 Å². The maximum Gasteiger partial charge on any atom is 0.165 e. The predicted octanol–water partition coefficient (Wildman–Crippen LogP) is 1.84. The number of rotatable bonds is 4. The molecule has 5 rings (SSSR count). The zero-order valence-corrected chi connectivity index (χ0v) is 14.4. The predicted molar refractivity (Wildman–Crippen MR) is 88.6 cm³/mol. The van der Waals surface area contributed by atoms with Crippen molar-refractivity contribution in [2.45, 2.75) is 70.5 Å². The number of tetrazole rings is 1. The molecule has 0 aromatic carbocycles. The van der Waals surface area contributed by atoms with Gasteiger partial charge in [-0.05, 0) is 62.3 Å². The number of aryl methyl sites for hydroxylation is 2. The molecule has 2 aliphatic carbocycles. The largest absolute Gasteiger partial charge is 0.328 e. The summed E-state index contributed by atoms with van der Waals surface area (Å²) >= 11 is 0. The lowest BCUT2D eigenvalue weighted by molar-refractivity contribution is 0.298. The summed E-state index contributed by atoms with van der Waals surface area (Å²) in [5.41, 5.74) is 2.86. The SMILES string of the molecule is Cc1nc2c(n1C1CCN(Cc3nnnn3C3CC3)C1)CCCC2. The van der Waals surface area contributed by atoms with Crippen LogP contribution in [0.1, 0.15) is 67.2 Å². The molecule has 3 heterocycles. The smallest absolute Gasteiger partial charge is 0.165 e. The Balaban J connectivity index is 1.32. The zero-order valence-electron chi connectivity index (χ0n) is 14.4. The van der Waals surface area contributed by atoms with E-state index in [1.165, 1.54) is 55.7 Å². The van der Waals surface area contributed by atoms with Crippen molar-refractivity contribution < 1.29 is 0 Å². The van der Waals surface area contributed by atoms with E-state index in [1.807, 2.05) is 4.68 Å². The number of hydrogen-bond acceptors (Lipinski definition) is 5. The van der Waals surface area contributed by atoms with Gasteiger partial charge in [0.2, 0.25) is 0 Å². The second-order valence-electron chi connectivity index (χ2n) is 7.58. The standard InChI is InChI=1S/C17H25N7/c1-12-18-15-4-2-3-5-16(15)23(12)14-8-9-22(10-14)11-17-19-20-21-24(17)13-6-7-13/h13-14H,2-11H2,1H3. The Labute approximate surface area is 142 Å². The van der Waals surface area contributed by atoms with Crippen molar-refractivity contribution >= 4 is 0 Å². The molecular weight excluding hydrogens is 302 g/mol. The lowest BCUT2D eigenvalue weighted by Crippen LogP contribution is -2.24. The number of nitrogens with zero attached hydrogens (tertiary/aromatic N) is 7. The van der Waals surface area contributed by atoms with Crippen LogP contribution in [0.5, 0.6) is 0 Å². The van der Waals surface area contributed by atoms with E-state index in [-0.39, 0.29) is 0 Å². The molecule has 1 saturated carbocycles. The first-order valence-electron chi connectivity index (χ1n) is 9.35. The molecule has 7 heteroatoms. The average Bonchev–Trinajstić information content (AvgIpc) is 3.01. The Kier molecular flexibility index (Phi) is 3.43. The molecule has 128 valence electrons. The first kappa shape index (κ1) is 14.6. The van der Waals surface area contributed by atoms with Crippen LogP contribution in [0.25, 0.3) is 0 Å². The van der Waals surface area contributed by atoms with E-state index in [2.05, 4.69) is 31.9 Å². The van der Waals surface area contributed by atoms with Crippen LogP contribution in [0, 0.1) is 6.92 Å². The molecule has 2 aromatic rings. The van der Waals surface area contributed by atoms with Crippen LogP contribution in [0.4, 0.5) is 0 Å². The minimum atomic E-state index is 0.552. The van der Waals surface area contributed by atoms with Crippen molar-refractivity contribution in [2.24, 2.45) is 0 Å². The molecule has 0 bridgehead atoms. The zero-order chi connectivity index (χ0) is 16.1. The maximum atomic E-state index is 4.85. The monoisotopic (exact) mass is 327 g/mol. The molecule has 1 aliphatic heterocycles. The Morgan fingerprint density at radius 1 is 1.08 bits per heavy atom. The van der Waals surface area contributed by atoms with Gasteiger partial charge < -0.3 is 4.57 Å². The molecule has 2 aromatic heterocycles. The van der Waals surface area contributed by atoms with Gasteiger partial charge in [-0.1, -0.05) is 0 Å². The van der Waals surface area contributed by atoms with Crippen molar-refractivity contribution in [1.82, 2.24) is 34.7 Å². The first-order valence-corrected chi connectivity index (χ1v) is 9.35. The van der Waals surface area contributed by atoms with Crippen molar-refractivity contribution in [3.63, 3.8) is 0 Å². The van der Waals surface area contributed by atoms with Gasteiger partial charge in [0.15, 0.2) is 5.82 Å². The Bertz CT molecular complexity index is 742. The summed E-state index contributed by atoms with van der Waals surface area (Å²) in [5, 5.41) is 12.3. The highest BCUT2D eigenvalue weighted by atomic mass is 15.6. The number of imidazole rings is 1. The third-order valence-corrected chi connectivity index (χ3v) is 5.78. The van der Waals surface area contributed by atoms with E-state index < -0.39 is 0 Å². The molecule has 7 nitrogen and oxygen atoms in total. The van der Waals surface area contributed by atoms with Gasteiger partial charge in [0.1, 0.15) is 5.82 Å². The summed E-state index contributed by atoms with van der Waals surface area (Å²) < 4.78 is 4.58.